The van der Waals surface area contributed by atoms with Crippen LogP contribution >= 0.6 is 22.9 Å². The first kappa shape index (κ1) is 14.2. The van der Waals surface area contributed by atoms with Crippen LogP contribution in [0.3, 0.4) is 0 Å². The van der Waals surface area contributed by atoms with Crippen molar-refractivity contribution >= 4 is 34.4 Å². The fraction of sp³-hybridized carbons (Fsp3) is 0.385. The Kier molecular flexibility index (Phi) is 3.77. The number of halogens is 1. The minimum absolute atomic E-state index is 0.0462. The normalized spacial score (nSPS) is 14.2. The number of anilines is 1. The molecule has 8 heteroatoms. The molecule has 0 unspecified atom stereocenters. The van der Waals surface area contributed by atoms with Crippen molar-refractivity contribution in [2.24, 2.45) is 0 Å². The van der Waals surface area contributed by atoms with Crippen LogP contribution in [0.15, 0.2) is 17.5 Å². The van der Waals surface area contributed by atoms with Crippen LogP contribution in [-0.4, -0.2) is 20.9 Å². The maximum absolute atomic E-state index is 11.4. The van der Waals surface area contributed by atoms with Gasteiger partial charge in [0.1, 0.15) is 5.69 Å². The third-order valence-electron chi connectivity index (χ3n) is 3.36. The standard InChI is InChI=1S/C13H13ClN4O2S/c1-8-11(18(19)20)12(16-13(14)15-8)17(9-4-5-9)7-10-3-2-6-21-10/h2-3,6,9H,4-5,7H2,1H3. The molecule has 2 aromatic heterocycles. The van der Waals surface area contributed by atoms with E-state index in [0.29, 0.717) is 18.1 Å². The summed E-state index contributed by atoms with van der Waals surface area (Å²) in [5.74, 6) is 0.327. The Morgan fingerprint density at radius 1 is 1.52 bits per heavy atom. The maximum Gasteiger partial charge on any atom is 0.332 e. The molecule has 1 aliphatic rings. The Labute approximate surface area is 130 Å². The van der Waals surface area contributed by atoms with Crippen LogP contribution in [0.25, 0.3) is 0 Å². The van der Waals surface area contributed by atoms with Crippen molar-refractivity contribution in [2.75, 3.05) is 4.90 Å². The van der Waals surface area contributed by atoms with E-state index in [9.17, 15) is 10.1 Å². The molecular weight excluding hydrogens is 312 g/mol. The van der Waals surface area contributed by atoms with Crippen molar-refractivity contribution in [3.63, 3.8) is 0 Å². The van der Waals surface area contributed by atoms with Crippen LogP contribution in [0.4, 0.5) is 11.5 Å². The zero-order chi connectivity index (χ0) is 15.0. The number of aromatic nitrogens is 2. The third kappa shape index (κ3) is 2.98. The summed E-state index contributed by atoms with van der Waals surface area (Å²) in [6.07, 6.45) is 2.03. The highest BCUT2D eigenvalue weighted by atomic mass is 35.5. The van der Waals surface area contributed by atoms with Crippen LogP contribution in [-0.2, 0) is 6.54 Å². The summed E-state index contributed by atoms with van der Waals surface area (Å²) in [7, 11) is 0. The highest BCUT2D eigenvalue weighted by Gasteiger charge is 2.36. The topological polar surface area (TPSA) is 72.2 Å². The third-order valence-corrected chi connectivity index (χ3v) is 4.39. The van der Waals surface area contributed by atoms with Gasteiger partial charge in [-0.25, -0.2) is 4.98 Å². The summed E-state index contributed by atoms with van der Waals surface area (Å²) in [4.78, 5) is 22.1. The van der Waals surface area contributed by atoms with Gasteiger partial charge in [0.05, 0.1) is 11.5 Å². The average molecular weight is 325 g/mol. The van der Waals surface area contributed by atoms with Crippen LogP contribution in [0.2, 0.25) is 5.28 Å². The number of hydrogen-bond donors (Lipinski definition) is 0. The van der Waals surface area contributed by atoms with Crippen molar-refractivity contribution in [3.05, 3.63) is 43.5 Å². The van der Waals surface area contributed by atoms with Crippen LogP contribution in [0.1, 0.15) is 23.4 Å². The second kappa shape index (κ2) is 5.57. The van der Waals surface area contributed by atoms with Crippen LogP contribution in [0, 0.1) is 17.0 Å². The van der Waals surface area contributed by atoms with E-state index in [1.165, 1.54) is 0 Å². The SMILES string of the molecule is Cc1nc(Cl)nc(N(Cc2cccs2)C2CC2)c1[N+](=O)[O-]. The molecule has 21 heavy (non-hydrogen) atoms. The number of thiophene rings is 1. The fourth-order valence-corrected chi connectivity index (χ4v) is 3.18. The number of nitrogens with zero attached hydrogens (tertiary/aromatic N) is 4. The zero-order valence-corrected chi connectivity index (χ0v) is 12.9. The Balaban J connectivity index is 2.04. The molecule has 6 nitrogen and oxygen atoms in total. The van der Waals surface area contributed by atoms with Gasteiger partial charge in [-0.3, -0.25) is 10.1 Å². The molecule has 1 saturated carbocycles. The molecule has 0 spiro atoms. The molecule has 3 rings (SSSR count). The van der Waals surface area contributed by atoms with E-state index >= 15 is 0 Å². The summed E-state index contributed by atoms with van der Waals surface area (Å²) in [6.45, 7) is 2.20. The quantitative estimate of drug-likeness (QED) is 0.477. The van der Waals surface area contributed by atoms with E-state index in [-0.39, 0.29) is 17.0 Å². The molecule has 0 saturated heterocycles. The molecule has 0 bridgehead atoms. The van der Waals surface area contributed by atoms with Gasteiger partial charge in [0, 0.05) is 10.9 Å². The lowest BCUT2D eigenvalue weighted by atomic mass is 10.3. The Morgan fingerprint density at radius 3 is 2.86 bits per heavy atom. The van der Waals surface area contributed by atoms with Crippen molar-refractivity contribution in [1.82, 2.24) is 9.97 Å². The molecule has 2 aromatic rings. The number of hydrogen-bond acceptors (Lipinski definition) is 6. The molecule has 2 heterocycles. The molecule has 1 fully saturated rings. The van der Waals surface area contributed by atoms with Gasteiger partial charge in [0.15, 0.2) is 0 Å². The predicted molar refractivity (Wildman–Crippen MR) is 82.0 cm³/mol. The maximum atomic E-state index is 11.4. The first-order valence-electron chi connectivity index (χ1n) is 6.54. The van der Waals surface area contributed by atoms with Crippen LogP contribution in [0.5, 0.6) is 0 Å². The van der Waals surface area contributed by atoms with Gasteiger partial charge >= 0.3 is 5.69 Å². The van der Waals surface area contributed by atoms with Gasteiger partial charge in [0.2, 0.25) is 11.1 Å². The van der Waals surface area contributed by atoms with Gasteiger partial charge in [-0.2, -0.15) is 4.98 Å². The molecule has 0 radical (unpaired) electrons. The fourth-order valence-electron chi connectivity index (χ4n) is 2.27. The van der Waals surface area contributed by atoms with Gasteiger partial charge in [0.25, 0.3) is 0 Å². The molecule has 0 N–H and O–H groups in total. The van der Waals surface area contributed by atoms with Crippen molar-refractivity contribution in [2.45, 2.75) is 32.4 Å². The number of aryl methyl sites for hydroxylation is 1. The van der Waals surface area contributed by atoms with E-state index in [1.54, 1.807) is 18.3 Å². The molecule has 1 aliphatic carbocycles. The minimum Gasteiger partial charge on any atom is -0.343 e. The van der Waals surface area contributed by atoms with Gasteiger partial charge in [-0.05, 0) is 42.8 Å². The summed E-state index contributed by atoms with van der Waals surface area (Å²) in [6, 6.07) is 4.27. The molecule has 0 aromatic carbocycles. The van der Waals surface area contributed by atoms with Crippen molar-refractivity contribution < 1.29 is 4.92 Å². The van der Waals surface area contributed by atoms with E-state index in [1.807, 2.05) is 22.4 Å². The van der Waals surface area contributed by atoms with Gasteiger partial charge in [-0.15, -0.1) is 11.3 Å². The van der Waals surface area contributed by atoms with E-state index in [4.69, 9.17) is 11.6 Å². The highest BCUT2D eigenvalue weighted by Crippen LogP contribution is 2.38. The van der Waals surface area contributed by atoms with Gasteiger partial charge in [-0.1, -0.05) is 6.07 Å². The highest BCUT2D eigenvalue weighted by molar-refractivity contribution is 7.09. The summed E-state index contributed by atoms with van der Waals surface area (Å²) in [5, 5.41) is 13.4. The van der Waals surface area contributed by atoms with Crippen molar-refractivity contribution in [3.8, 4) is 0 Å². The monoisotopic (exact) mass is 324 g/mol. The second-order valence-corrected chi connectivity index (χ2v) is 6.32. The minimum atomic E-state index is -0.426. The largest absolute Gasteiger partial charge is 0.343 e. The Morgan fingerprint density at radius 2 is 2.29 bits per heavy atom. The van der Waals surface area contributed by atoms with E-state index < -0.39 is 4.92 Å². The van der Waals surface area contributed by atoms with Crippen molar-refractivity contribution in [1.29, 1.82) is 0 Å². The zero-order valence-electron chi connectivity index (χ0n) is 11.3. The molecule has 0 atom stereocenters. The predicted octanol–water partition coefficient (Wildman–Crippen LogP) is 3.58. The number of nitro groups is 1. The van der Waals surface area contributed by atoms with E-state index in [2.05, 4.69) is 9.97 Å². The summed E-state index contributed by atoms with van der Waals surface area (Å²) < 4.78 is 0. The lowest BCUT2D eigenvalue weighted by Gasteiger charge is -2.22. The molecule has 110 valence electrons. The summed E-state index contributed by atoms with van der Waals surface area (Å²) in [5.41, 5.74) is 0.245. The van der Waals surface area contributed by atoms with E-state index in [0.717, 1.165) is 17.7 Å². The average Bonchev–Trinajstić information content (AvgIpc) is 3.11. The smallest absolute Gasteiger partial charge is 0.332 e. The second-order valence-electron chi connectivity index (χ2n) is 4.95. The number of rotatable bonds is 5. The first-order valence-corrected chi connectivity index (χ1v) is 7.79. The molecule has 0 amide bonds. The Hall–Kier alpha value is -1.73. The summed E-state index contributed by atoms with van der Waals surface area (Å²) >= 11 is 7.53. The Bertz CT molecular complexity index is 673. The lowest BCUT2D eigenvalue weighted by Crippen LogP contribution is -2.27. The molecular formula is C13H13ClN4O2S. The molecule has 0 aliphatic heterocycles. The lowest BCUT2D eigenvalue weighted by molar-refractivity contribution is -0.385. The first-order chi connectivity index (χ1) is 10.1. The van der Waals surface area contributed by atoms with Gasteiger partial charge < -0.3 is 4.90 Å². The van der Waals surface area contributed by atoms with Crippen LogP contribution < -0.4 is 4.90 Å².